The lowest BCUT2D eigenvalue weighted by Crippen LogP contribution is -2.00. The molecule has 2 nitrogen and oxygen atoms in total. The zero-order valence-electron chi connectivity index (χ0n) is 9.79. The molecule has 1 atom stereocenters. The Hall–Kier alpha value is -1.36. The van der Waals surface area contributed by atoms with Crippen molar-refractivity contribution in [3.05, 3.63) is 52.2 Å². The summed E-state index contributed by atoms with van der Waals surface area (Å²) in [6.45, 7) is 0. The van der Waals surface area contributed by atoms with Crippen LogP contribution in [-0.4, -0.2) is 12.2 Å². The maximum absolute atomic E-state index is 10.5. The first-order chi connectivity index (χ1) is 8.79. The van der Waals surface area contributed by atoms with Crippen LogP contribution in [0.1, 0.15) is 16.5 Å². The Labute approximate surface area is 113 Å². The molecule has 0 spiro atoms. The lowest BCUT2D eigenvalue weighted by Gasteiger charge is -2.12. The molecule has 0 saturated heterocycles. The van der Waals surface area contributed by atoms with Gasteiger partial charge in [0, 0.05) is 19.8 Å². The van der Waals surface area contributed by atoms with Gasteiger partial charge in [-0.1, -0.05) is 18.2 Å². The van der Waals surface area contributed by atoms with Crippen LogP contribution in [0, 0.1) is 0 Å². The molecular formula is C14H12O2S2. The van der Waals surface area contributed by atoms with Crippen molar-refractivity contribution in [3.63, 3.8) is 0 Å². The van der Waals surface area contributed by atoms with E-state index in [0.29, 0.717) is 0 Å². The topological polar surface area (TPSA) is 29.5 Å². The number of benzene rings is 1. The minimum absolute atomic E-state index is 0.620. The van der Waals surface area contributed by atoms with Gasteiger partial charge in [0.2, 0.25) is 0 Å². The van der Waals surface area contributed by atoms with Crippen LogP contribution in [0.25, 0.3) is 9.40 Å². The van der Waals surface area contributed by atoms with E-state index in [2.05, 4.69) is 17.5 Å². The molecule has 0 aliphatic heterocycles. The van der Waals surface area contributed by atoms with Gasteiger partial charge in [-0.3, -0.25) is 0 Å². The first-order valence-corrected chi connectivity index (χ1v) is 7.27. The fourth-order valence-corrected chi connectivity index (χ4v) is 4.09. The van der Waals surface area contributed by atoms with Crippen molar-refractivity contribution in [2.24, 2.45) is 0 Å². The van der Waals surface area contributed by atoms with Crippen molar-refractivity contribution in [2.45, 2.75) is 6.10 Å². The summed E-state index contributed by atoms with van der Waals surface area (Å²) in [6.07, 6.45) is -0.620. The van der Waals surface area contributed by atoms with E-state index in [1.54, 1.807) is 29.8 Å². The van der Waals surface area contributed by atoms with Crippen LogP contribution < -0.4 is 4.74 Å². The molecule has 4 heteroatoms. The van der Waals surface area contributed by atoms with Gasteiger partial charge in [0.1, 0.15) is 11.9 Å². The Morgan fingerprint density at radius 2 is 2.00 bits per heavy atom. The molecule has 0 aliphatic rings. The van der Waals surface area contributed by atoms with Crippen LogP contribution in [0.4, 0.5) is 0 Å². The first kappa shape index (κ1) is 11.7. The highest BCUT2D eigenvalue weighted by molar-refractivity contribution is 7.26. The quantitative estimate of drug-likeness (QED) is 0.782. The lowest BCUT2D eigenvalue weighted by molar-refractivity contribution is 0.218. The highest BCUT2D eigenvalue weighted by Gasteiger charge is 2.17. The highest BCUT2D eigenvalue weighted by atomic mass is 32.1. The molecule has 2 aromatic heterocycles. The maximum Gasteiger partial charge on any atom is 0.125 e. The van der Waals surface area contributed by atoms with E-state index in [4.69, 9.17) is 4.74 Å². The van der Waals surface area contributed by atoms with Crippen LogP contribution >= 0.6 is 22.7 Å². The molecule has 0 amide bonds. The van der Waals surface area contributed by atoms with Crippen LogP contribution in [0.5, 0.6) is 5.75 Å². The average molecular weight is 276 g/mol. The van der Waals surface area contributed by atoms with E-state index in [1.165, 1.54) is 9.40 Å². The van der Waals surface area contributed by atoms with Gasteiger partial charge in [-0.15, -0.1) is 22.7 Å². The van der Waals surface area contributed by atoms with Crippen molar-refractivity contribution in [1.29, 1.82) is 0 Å². The van der Waals surface area contributed by atoms with E-state index >= 15 is 0 Å². The smallest absolute Gasteiger partial charge is 0.125 e. The number of ether oxygens (including phenoxy) is 1. The SMILES string of the molecule is COc1ccccc1C(O)c1cc2sccc2s1. The number of thiophene rings is 2. The number of aliphatic hydroxyl groups is 1. The Morgan fingerprint density at radius 3 is 2.78 bits per heavy atom. The molecule has 1 aromatic carbocycles. The standard InChI is InChI=1S/C14H12O2S2/c1-16-10-5-3-2-4-9(10)14(15)13-8-12-11(18-13)6-7-17-12/h2-8,14-15H,1H3. The third kappa shape index (κ3) is 1.92. The number of methoxy groups -OCH3 is 1. The summed E-state index contributed by atoms with van der Waals surface area (Å²) in [5, 5.41) is 12.5. The molecule has 0 fully saturated rings. The predicted molar refractivity (Wildman–Crippen MR) is 76.8 cm³/mol. The lowest BCUT2D eigenvalue weighted by atomic mass is 10.1. The normalized spacial score (nSPS) is 12.8. The minimum atomic E-state index is -0.620. The Balaban J connectivity index is 2.03. The number of hydrogen-bond donors (Lipinski definition) is 1. The van der Waals surface area contributed by atoms with E-state index in [1.807, 2.05) is 24.3 Å². The summed E-state index contributed by atoms with van der Waals surface area (Å²) in [4.78, 5) is 0.960. The molecule has 3 rings (SSSR count). The molecule has 3 aromatic rings. The van der Waals surface area contributed by atoms with Crippen molar-refractivity contribution < 1.29 is 9.84 Å². The van der Waals surface area contributed by atoms with Gasteiger partial charge < -0.3 is 9.84 Å². The number of para-hydroxylation sites is 1. The van der Waals surface area contributed by atoms with Crippen molar-refractivity contribution in [2.75, 3.05) is 7.11 Å². The van der Waals surface area contributed by atoms with Gasteiger partial charge in [0.05, 0.1) is 7.11 Å². The van der Waals surface area contributed by atoms with Crippen molar-refractivity contribution in [1.82, 2.24) is 0 Å². The third-order valence-corrected chi connectivity index (χ3v) is 5.01. The predicted octanol–water partition coefficient (Wildman–Crippen LogP) is 4.05. The second kappa shape index (κ2) is 4.72. The van der Waals surface area contributed by atoms with E-state index in [-0.39, 0.29) is 0 Å². The largest absolute Gasteiger partial charge is 0.496 e. The van der Waals surface area contributed by atoms with Gasteiger partial charge >= 0.3 is 0 Å². The zero-order valence-corrected chi connectivity index (χ0v) is 11.4. The van der Waals surface area contributed by atoms with Crippen molar-refractivity contribution in [3.8, 4) is 5.75 Å². The van der Waals surface area contributed by atoms with Gasteiger partial charge in [0.15, 0.2) is 0 Å². The van der Waals surface area contributed by atoms with Gasteiger partial charge in [-0.2, -0.15) is 0 Å². The molecule has 1 unspecified atom stereocenters. The van der Waals surface area contributed by atoms with E-state index in [0.717, 1.165) is 16.2 Å². The number of fused-ring (bicyclic) bond motifs is 1. The fourth-order valence-electron chi connectivity index (χ4n) is 1.96. The van der Waals surface area contributed by atoms with Crippen LogP contribution in [0.3, 0.4) is 0 Å². The number of aliphatic hydroxyl groups excluding tert-OH is 1. The molecule has 18 heavy (non-hydrogen) atoms. The van der Waals surface area contributed by atoms with Crippen LogP contribution in [0.2, 0.25) is 0 Å². The molecule has 2 heterocycles. The summed E-state index contributed by atoms with van der Waals surface area (Å²) < 4.78 is 7.74. The van der Waals surface area contributed by atoms with Gasteiger partial charge in [0.25, 0.3) is 0 Å². The summed E-state index contributed by atoms with van der Waals surface area (Å²) in [6, 6.07) is 11.7. The second-order valence-electron chi connectivity index (χ2n) is 3.94. The molecule has 0 aliphatic carbocycles. The maximum atomic E-state index is 10.5. The summed E-state index contributed by atoms with van der Waals surface area (Å²) in [5.41, 5.74) is 0.814. The first-order valence-electron chi connectivity index (χ1n) is 5.57. The molecule has 0 saturated carbocycles. The molecule has 0 bridgehead atoms. The summed E-state index contributed by atoms with van der Waals surface area (Å²) in [7, 11) is 1.62. The minimum Gasteiger partial charge on any atom is -0.496 e. The Morgan fingerprint density at radius 1 is 1.17 bits per heavy atom. The summed E-state index contributed by atoms with van der Waals surface area (Å²) in [5.74, 6) is 0.724. The fraction of sp³-hybridized carbons (Fsp3) is 0.143. The molecule has 1 N–H and O–H groups in total. The molecule has 92 valence electrons. The van der Waals surface area contributed by atoms with Crippen LogP contribution in [-0.2, 0) is 0 Å². The monoisotopic (exact) mass is 276 g/mol. The average Bonchev–Trinajstić information content (AvgIpc) is 2.98. The third-order valence-electron chi connectivity index (χ3n) is 2.86. The molecular weight excluding hydrogens is 264 g/mol. The summed E-state index contributed by atoms with van der Waals surface area (Å²) >= 11 is 3.33. The van der Waals surface area contributed by atoms with Crippen molar-refractivity contribution >= 4 is 32.1 Å². The van der Waals surface area contributed by atoms with E-state index < -0.39 is 6.10 Å². The number of hydrogen-bond acceptors (Lipinski definition) is 4. The second-order valence-corrected chi connectivity index (χ2v) is 6.01. The van der Waals surface area contributed by atoms with E-state index in [9.17, 15) is 5.11 Å². The number of rotatable bonds is 3. The highest BCUT2D eigenvalue weighted by Crippen LogP contribution is 2.38. The Bertz CT molecular complexity index is 641. The zero-order chi connectivity index (χ0) is 12.5. The van der Waals surface area contributed by atoms with Crippen LogP contribution in [0.15, 0.2) is 41.8 Å². The Kier molecular flexibility index (Phi) is 3.07. The van der Waals surface area contributed by atoms with Gasteiger partial charge in [-0.05, 0) is 23.6 Å². The van der Waals surface area contributed by atoms with Gasteiger partial charge in [-0.25, -0.2) is 0 Å². The molecule has 0 radical (unpaired) electrons.